The predicted octanol–water partition coefficient (Wildman–Crippen LogP) is 4.50. The van der Waals surface area contributed by atoms with Gasteiger partial charge in [-0.3, -0.25) is 4.79 Å². The van der Waals surface area contributed by atoms with Crippen LogP contribution in [-0.4, -0.2) is 18.1 Å². The van der Waals surface area contributed by atoms with Gasteiger partial charge in [0.2, 0.25) is 0 Å². The summed E-state index contributed by atoms with van der Waals surface area (Å²) in [7, 11) is 0. The number of nitrogens with one attached hydrogen (secondary N) is 1. The summed E-state index contributed by atoms with van der Waals surface area (Å²) in [6, 6.07) is 13.3. The topological polar surface area (TPSA) is 47.6 Å². The van der Waals surface area contributed by atoms with Crippen molar-refractivity contribution in [2.45, 2.75) is 46.8 Å². The molecule has 0 spiro atoms. The maximum atomic E-state index is 12.4. The molecule has 0 radical (unpaired) electrons. The summed E-state index contributed by atoms with van der Waals surface area (Å²) in [4.78, 5) is 12.4. The molecular formula is C20H25NO3. The first kappa shape index (κ1) is 17.9. The van der Waals surface area contributed by atoms with E-state index in [1.54, 1.807) is 6.92 Å². The molecule has 0 saturated heterocycles. The number of anilines is 1. The molecule has 0 saturated carbocycles. The van der Waals surface area contributed by atoms with Crippen LogP contribution in [0.1, 0.15) is 31.9 Å². The highest BCUT2D eigenvalue weighted by molar-refractivity contribution is 5.94. The van der Waals surface area contributed by atoms with Gasteiger partial charge < -0.3 is 14.8 Å². The lowest BCUT2D eigenvalue weighted by Gasteiger charge is -2.17. The first-order valence-corrected chi connectivity index (χ1v) is 8.16. The molecule has 4 nitrogen and oxygen atoms in total. The van der Waals surface area contributed by atoms with Crippen LogP contribution in [0.25, 0.3) is 0 Å². The summed E-state index contributed by atoms with van der Waals surface area (Å²) in [5.74, 6) is 1.26. The highest BCUT2D eigenvalue weighted by Crippen LogP contribution is 2.22. The van der Waals surface area contributed by atoms with Crippen LogP contribution in [-0.2, 0) is 4.79 Å². The van der Waals surface area contributed by atoms with Gasteiger partial charge >= 0.3 is 0 Å². The highest BCUT2D eigenvalue weighted by atomic mass is 16.5. The minimum atomic E-state index is -0.597. The van der Waals surface area contributed by atoms with Gasteiger partial charge in [-0.25, -0.2) is 0 Å². The Labute approximate surface area is 143 Å². The minimum absolute atomic E-state index is 0.0857. The Morgan fingerprint density at radius 2 is 1.75 bits per heavy atom. The number of carbonyl (C=O) groups is 1. The van der Waals surface area contributed by atoms with Crippen molar-refractivity contribution in [3.8, 4) is 11.5 Å². The molecule has 0 aliphatic heterocycles. The zero-order chi connectivity index (χ0) is 17.7. The average molecular weight is 327 g/mol. The SMILES string of the molecule is Cc1ccc(C)c(OC(C)C(=O)Nc2cccc(OC(C)C)c2)c1. The molecule has 0 fully saturated rings. The Balaban J connectivity index is 2.02. The number of hydrogen-bond donors (Lipinski definition) is 1. The van der Waals surface area contributed by atoms with E-state index in [-0.39, 0.29) is 12.0 Å². The quantitative estimate of drug-likeness (QED) is 0.850. The third-order valence-corrected chi connectivity index (χ3v) is 3.49. The van der Waals surface area contributed by atoms with Gasteiger partial charge in [0, 0.05) is 11.8 Å². The molecule has 1 amide bonds. The van der Waals surface area contributed by atoms with Gasteiger partial charge in [-0.15, -0.1) is 0 Å². The van der Waals surface area contributed by atoms with E-state index in [4.69, 9.17) is 9.47 Å². The molecule has 1 N–H and O–H groups in total. The van der Waals surface area contributed by atoms with Gasteiger partial charge in [-0.2, -0.15) is 0 Å². The minimum Gasteiger partial charge on any atom is -0.491 e. The molecule has 0 aliphatic carbocycles. The number of benzene rings is 2. The van der Waals surface area contributed by atoms with Crippen molar-refractivity contribution in [1.29, 1.82) is 0 Å². The van der Waals surface area contributed by atoms with E-state index in [1.807, 2.05) is 70.2 Å². The fourth-order valence-electron chi connectivity index (χ4n) is 2.24. The molecule has 4 heteroatoms. The van der Waals surface area contributed by atoms with Gasteiger partial charge in [0.25, 0.3) is 5.91 Å². The van der Waals surface area contributed by atoms with Crippen LogP contribution in [0.4, 0.5) is 5.69 Å². The maximum Gasteiger partial charge on any atom is 0.265 e. The summed E-state index contributed by atoms with van der Waals surface area (Å²) in [6.07, 6.45) is -0.511. The molecule has 2 rings (SSSR count). The summed E-state index contributed by atoms with van der Waals surface area (Å²) in [5, 5.41) is 2.87. The van der Waals surface area contributed by atoms with E-state index >= 15 is 0 Å². The van der Waals surface area contributed by atoms with E-state index in [1.165, 1.54) is 0 Å². The Morgan fingerprint density at radius 1 is 1.00 bits per heavy atom. The van der Waals surface area contributed by atoms with Crippen molar-refractivity contribution < 1.29 is 14.3 Å². The van der Waals surface area contributed by atoms with Crippen LogP contribution in [0.5, 0.6) is 11.5 Å². The molecule has 0 heterocycles. The van der Waals surface area contributed by atoms with Crippen LogP contribution in [0, 0.1) is 13.8 Å². The predicted molar refractivity (Wildman–Crippen MR) is 96.8 cm³/mol. The number of amides is 1. The van der Waals surface area contributed by atoms with Crippen molar-refractivity contribution in [2.24, 2.45) is 0 Å². The Kier molecular flexibility index (Phi) is 5.85. The zero-order valence-corrected chi connectivity index (χ0v) is 14.9. The van der Waals surface area contributed by atoms with Crippen LogP contribution < -0.4 is 14.8 Å². The molecule has 24 heavy (non-hydrogen) atoms. The molecule has 1 unspecified atom stereocenters. The summed E-state index contributed by atoms with van der Waals surface area (Å²) >= 11 is 0. The molecule has 2 aromatic carbocycles. The summed E-state index contributed by atoms with van der Waals surface area (Å²) in [6.45, 7) is 9.63. The smallest absolute Gasteiger partial charge is 0.265 e. The molecule has 0 aromatic heterocycles. The second kappa shape index (κ2) is 7.86. The van der Waals surface area contributed by atoms with Crippen LogP contribution in [0.3, 0.4) is 0 Å². The second-order valence-electron chi connectivity index (χ2n) is 6.21. The van der Waals surface area contributed by atoms with E-state index in [9.17, 15) is 4.79 Å². The third-order valence-electron chi connectivity index (χ3n) is 3.49. The molecular weight excluding hydrogens is 302 g/mol. The molecule has 2 aromatic rings. The molecule has 0 aliphatic rings. The highest BCUT2D eigenvalue weighted by Gasteiger charge is 2.16. The first-order chi connectivity index (χ1) is 11.3. The fourth-order valence-corrected chi connectivity index (χ4v) is 2.24. The molecule has 0 bridgehead atoms. The van der Waals surface area contributed by atoms with E-state index < -0.39 is 6.10 Å². The number of ether oxygens (including phenoxy) is 2. The Hall–Kier alpha value is -2.49. The third kappa shape index (κ3) is 5.01. The average Bonchev–Trinajstić information content (AvgIpc) is 2.50. The van der Waals surface area contributed by atoms with Gasteiger partial charge in [0.15, 0.2) is 6.10 Å². The summed E-state index contributed by atoms with van der Waals surface area (Å²) in [5.41, 5.74) is 2.80. The fraction of sp³-hybridized carbons (Fsp3) is 0.350. The lowest BCUT2D eigenvalue weighted by molar-refractivity contribution is -0.122. The van der Waals surface area contributed by atoms with Crippen molar-refractivity contribution in [3.63, 3.8) is 0 Å². The standard InChI is InChI=1S/C20H25NO3/c1-13(2)23-18-8-6-7-17(12-18)21-20(22)16(5)24-19-11-14(3)9-10-15(19)4/h6-13,16H,1-5H3,(H,21,22). The van der Waals surface area contributed by atoms with Crippen LogP contribution in [0.15, 0.2) is 42.5 Å². The second-order valence-corrected chi connectivity index (χ2v) is 6.21. The van der Waals surface area contributed by atoms with Crippen molar-refractivity contribution in [1.82, 2.24) is 0 Å². The zero-order valence-electron chi connectivity index (χ0n) is 14.9. The van der Waals surface area contributed by atoms with Crippen molar-refractivity contribution in [2.75, 3.05) is 5.32 Å². The van der Waals surface area contributed by atoms with Crippen molar-refractivity contribution >= 4 is 11.6 Å². The van der Waals surface area contributed by atoms with E-state index in [0.29, 0.717) is 5.69 Å². The van der Waals surface area contributed by atoms with Gasteiger partial charge in [0.05, 0.1) is 6.10 Å². The first-order valence-electron chi connectivity index (χ1n) is 8.16. The largest absolute Gasteiger partial charge is 0.491 e. The van der Waals surface area contributed by atoms with E-state index in [2.05, 4.69) is 5.32 Å². The number of aryl methyl sites for hydroxylation is 2. The van der Waals surface area contributed by atoms with Crippen LogP contribution >= 0.6 is 0 Å². The number of hydrogen-bond acceptors (Lipinski definition) is 3. The number of carbonyl (C=O) groups excluding carboxylic acids is 1. The van der Waals surface area contributed by atoms with Gasteiger partial charge in [0.1, 0.15) is 11.5 Å². The van der Waals surface area contributed by atoms with Crippen LogP contribution in [0.2, 0.25) is 0 Å². The van der Waals surface area contributed by atoms with Gasteiger partial charge in [-0.1, -0.05) is 18.2 Å². The molecule has 1 atom stereocenters. The normalized spacial score (nSPS) is 11.9. The Morgan fingerprint density at radius 3 is 2.46 bits per heavy atom. The van der Waals surface area contributed by atoms with E-state index in [0.717, 1.165) is 22.6 Å². The monoisotopic (exact) mass is 327 g/mol. The van der Waals surface area contributed by atoms with Crippen molar-refractivity contribution in [3.05, 3.63) is 53.6 Å². The Bertz CT molecular complexity index is 710. The maximum absolute atomic E-state index is 12.4. The molecule has 128 valence electrons. The lowest BCUT2D eigenvalue weighted by atomic mass is 10.1. The lowest BCUT2D eigenvalue weighted by Crippen LogP contribution is -2.30. The number of rotatable bonds is 6. The summed E-state index contributed by atoms with van der Waals surface area (Å²) < 4.78 is 11.5. The van der Waals surface area contributed by atoms with Gasteiger partial charge in [-0.05, 0) is 63.9 Å².